The highest BCUT2D eigenvalue weighted by Gasteiger charge is 2.21. The standard InChI is InChI=1S/C22H19N7O3S/c1-33(31,32)17-7-3-2-6-14(17)19-16(28-18-8-4-5-11-29(18)22(19)30)9-10-25-21-15(12-23)20(24)26-13-27-21/h2-8,11,13H,9-10H2,1H3,(H3,24,25,26,27). The summed E-state index contributed by atoms with van der Waals surface area (Å²) in [5.41, 5.74) is 6.80. The molecule has 4 aromatic rings. The molecule has 166 valence electrons. The summed E-state index contributed by atoms with van der Waals surface area (Å²) in [6.07, 6.45) is 4.18. The molecule has 11 heteroatoms. The van der Waals surface area contributed by atoms with Crippen molar-refractivity contribution in [2.24, 2.45) is 0 Å². The summed E-state index contributed by atoms with van der Waals surface area (Å²) in [6, 6.07) is 13.5. The van der Waals surface area contributed by atoms with Crippen LogP contribution in [0.5, 0.6) is 0 Å². The second kappa shape index (κ2) is 8.68. The van der Waals surface area contributed by atoms with Gasteiger partial charge in [0.15, 0.2) is 9.84 Å². The van der Waals surface area contributed by atoms with Crippen LogP contribution in [0.25, 0.3) is 16.8 Å². The van der Waals surface area contributed by atoms with Crippen molar-refractivity contribution >= 4 is 27.1 Å². The van der Waals surface area contributed by atoms with E-state index in [2.05, 4.69) is 20.3 Å². The molecule has 3 aromatic heterocycles. The van der Waals surface area contributed by atoms with Crippen LogP contribution in [-0.2, 0) is 16.3 Å². The Hall–Kier alpha value is -4.30. The lowest BCUT2D eigenvalue weighted by Gasteiger charge is -2.14. The zero-order valence-corrected chi connectivity index (χ0v) is 18.4. The maximum Gasteiger partial charge on any atom is 0.266 e. The van der Waals surface area contributed by atoms with E-state index in [0.29, 0.717) is 11.3 Å². The Labute approximate surface area is 189 Å². The van der Waals surface area contributed by atoms with Gasteiger partial charge in [-0.05, 0) is 18.2 Å². The summed E-state index contributed by atoms with van der Waals surface area (Å²) in [7, 11) is -3.60. The molecule has 0 saturated heterocycles. The minimum Gasteiger partial charge on any atom is -0.382 e. The van der Waals surface area contributed by atoms with E-state index in [0.717, 1.165) is 6.26 Å². The van der Waals surface area contributed by atoms with Gasteiger partial charge in [-0.25, -0.2) is 23.4 Å². The molecule has 1 aromatic carbocycles. The number of hydrogen-bond donors (Lipinski definition) is 2. The third kappa shape index (κ3) is 4.24. The van der Waals surface area contributed by atoms with Crippen LogP contribution in [0.4, 0.5) is 11.6 Å². The molecule has 4 rings (SSSR count). The van der Waals surface area contributed by atoms with E-state index in [-0.39, 0.29) is 51.7 Å². The van der Waals surface area contributed by atoms with Crippen molar-refractivity contribution in [3.63, 3.8) is 0 Å². The van der Waals surface area contributed by atoms with Gasteiger partial charge in [0, 0.05) is 31.0 Å². The molecular formula is C22H19N7O3S. The van der Waals surface area contributed by atoms with Gasteiger partial charge in [-0.15, -0.1) is 0 Å². The SMILES string of the molecule is CS(=O)(=O)c1ccccc1-c1c(CCNc2ncnc(N)c2C#N)nc2ccccn2c1=O. The Morgan fingerprint density at radius 2 is 1.91 bits per heavy atom. The van der Waals surface area contributed by atoms with Crippen molar-refractivity contribution in [3.05, 3.63) is 76.6 Å². The molecule has 0 atom stereocenters. The van der Waals surface area contributed by atoms with Crippen molar-refractivity contribution in [2.75, 3.05) is 23.9 Å². The summed E-state index contributed by atoms with van der Waals surface area (Å²) < 4.78 is 26.2. The number of nitrogens with zero attached hydrogens (tertiary/aromatic N) is 5. The molecule has 3 N–H and O–H groups in total. The Kier molecular flexibility index (Phi) is 5.76. The van der Waals surface area contributed by atoms with Crippen LogP contribution in [0.2, 0.25) is 0 Å². The lowest BCUT2D eigenvalue weighted by molar-refractivity contribution is 0.602. The average molecular weight is 462 g/mol. The fraction of sp³-hybridized carbons (Fsp3) is 0.136. The molecule has 33 heavy (non-hydrogen) atoms. The van der Waals surface area contributed by atoms with Crippen LogP contribution in [0.15, 0.2) is 64.7 Å². The number of nitrogens with two attached hydrogens (primary N) is 1. The second-order valence-corrected chi connectivity index (χ2v) is 9.19. The fourth-order valence-electron chi connectivity index (χ4n) is 3.53. The Balaban J connectivity index is 1.82. The molecule has 10 nitrogen and oxygen atoms in total. The number of aromatic nitrogens is 4. The molecule has 0 fully saturated rings. The molecule has 0 aliphatic rings. The number of nitriles is 1. The number of rotatable bonds is 6. The number of fused-ring (bicyclic) bond motifs is 1. The highest BCUT2D eigenvalue weighted by molar-refractivity contribution is 7.90. The van der Waals surface area contributed by atoms with Gasteiger partial charge in [0.25, 0.3) is 5.56 Å². The number of nitrogen functional groups attached to an aromatic ring is 1. The largest absolute Gasteiger partial charge is 0.382 e. The second-order valence-electron chi connectivity index (χ2n) is 7.21. The first-order valence-corrected chi connectivity index (χ1v) is 11.7. The monoisotopic (exact) mass is 461 g/mol. The Morgan fingerprint density at radius 1 is 1.15 bits per heavy atom. The van der Waals surface area contributed by atoms with Gasteiger partial charge in [0.05, 0.1) is 16.2 Å². The lowest BCUT2D eigenvalue weighted by atomic mass is 10.0. The van der Waals surface area contributed by atoms with Crippen LogP contribution < -0.4 is 16.6 Å². The number of benzene rings is 1. The zero-order valence-electron chi connectivity index (χ0n) is 17.6. The molecule has 0 amide bonds. The number of anilines is 2. The van der Waals surface area contributed by atoms with E-state index in [1.807, 2.05) is 6.07 Å². The van der Waals surface area contributed by atoms with Gasteiger partial charge in [-0.3, -0.25) is 9.20 Å². The molecule has 3 heterocycles. The van der Waals surface area contributed by atoms with E-state index in [1.165, 1.54) is 16.8 Å². The van der Waals surface area contributed by atoms with Gasteiger partial charge < -0.3 is 11.1 Å². The van der Waals surface area contributed by atoms with Crippen LogP contribution in [0.1, 0.15) is 11.3 Å². The van der Waals surface area contributed by atoms with Gasteiger partial charge in [-0.2, -0.15) is 5.26 Å². The summed E-state index contributed by atoms with van der Waals surface area (Å²) in [6.45, 7) is 0.259. The van der Waals surface area contributed by atoms with E-state index in [4.69, 9.17) is 5.73 Å². The Bertz CT molecular complexity index is 1570. The smallest absolute Gasteiger partial charge is 0.266 e. The Morgan fingerprint density at radius 3 is 2.67 bits per heavy atom. The topological polar surface area (TPSA) is 156 Å². The summed E-state index contributed by atoms with van der Waals surface area (Å²) in [5, 5.41) is 12.3. The molecule has 0 bridgehead atoms. The number of pyridine rings is 1. The van der Waals surface area contributed by atoms with Gasteiger partial charge in [0.2, 0.25) is 0 Å². The number of hydrogen-bond acceptors (Lipinski definition) is 9. The van der Waals surface area contributed by atoms with Crippen molar-refractivity contribution < 1.29 is 8.42 Å². The van der Waals surface area contributed by atoms with Gasteiger partial charge >= 0.3 is 0 Å². The molecule has 0 aliphatic carbocycles. The first-order chi connectivity index (χ1) is 15.8. The summed E-state index contributed by atoms with van der Waals surface area (Å²) in [5.74, 6) is 0.320. The lowest BCUT2D eigenvalue weighted by Crippen LogP contribution is -2.22. The van der Waals surface area contributed by atoms with Crippen molar-refractivity contribution in [1.29, 1.82) is 5.26 Å². The van der Waals surface area contributed by atoms with E-state index in [1.54, 1.807) is 42.6 Å². The molecule has 0 aliphatic heterocycles. The minimum atomic E-state index is -3.60. The van der Waals surface area contributed by atoms with Gasteiger partial charge in [0.1, 0.15) is 35.2 Å². The van der Waals surface area contributed by atoms with Crippen LogP contribution >= 0.6 is 0 Å². The van der Waals surface area contributed by atoms with Crippen molar-refractivity contribution in [1.82, 2.24) is 19.4 Å². The number of nitrogens with one attached hydrogen (secondary N) is 1. The zero-order chi connectivity index (χ0) is 23.6. The molecule has 0 saturated carbocycles. The fourth-order valence-corrected chi connectivity index (χ4v) is 4.42. The third-order valence-electron chi connectivity index (χ3n) is 5.01. The molecule has 0 spiro atoms. The maximum atomic E-state index is 13.4. The molecule has 0 unspecified atom stereocenters. The molecular weight excluding hydrogens is 442 g/mol. The highest BCUT2D eigenvalue weighted by Crippen LogP contribution is 2.27. The van der Waals surface area contributed by atoms with Crippen molar-refractivity contribution in [2.45, 2.75) is 11.3 Å². The predicted molar refractivity (Wildman–Crippen MR) is 123 cm³/mol. The molecule has 0 radical (unpaired) electrons. The van der Waals surface area contributed by atoms with Crippen LogP contribution in [0, 0.1) is 11.3 Å². The van der Waals surface area contributed by atoms with E-state index < -0.39 is 9.84 Å². The third-order valence-corrected chi connectivity index (χ3v) is 6.16. The van der Waals surface area contributed by atoms with E-state index in [9.17, 15) is 18.5 Å². The summed E-state index contributed by atoms with van der Waals surface area (Å²) in [4.78, 5) is 26.0. The predicted octanol–water partition coefficient (Wildman–Crippen LogP) is 1.66. The van der Waals surface area contributed by atoms with Gasteiger partial charge in [-0.1, -0.05) is 24.3 Å². The first-order valence-electron chi connectivity index (χ1n) is 9.85. The minimum absolute atomic E-state index is 0.0457. The van der Waals surface area contributed by atoms with Crippen LogP contribution in [0.3, 0.4) is 0 Å². The van der Waals surface area contributed by atoms with Crippen molar-refractivity contribution in [3.8, 4) is 17.2 Å². The quantitative estimate of drug-likeness (QED) is 0.436. The summed E-state index contributed by atoms with van der Waals surface area (Å²) >= 11 is 0. The van der Waals surface area contributed by atoms with E-state index >= 15 is 0 Å². The number of sulfone groups is 1. The highest BCUT2D eigenvalue weighted by atomic mass is 32.2. The average Bonchev–Trinajstić information content (AvgIpc) is 2.79. The normalized spacial score (nSPS) is 11.3. The van der Waals surface area contributed by atoms with Crippen LogP contribution in [-0.4, -0.2) is 40.6 Å². The maximum absolute atomic E-state index is 13.4. The first kappa shape index (κ1) is 21.9.